The molecule has 1 aliphatic rings. The number of fused-ring (bicyclic) bond motifs is 1. The van der Waals surface area contributed by atoms with Gasteiger partial charge in [-0.25, -0.2) is 4.52 Å². The maximum absolute atomic E-state index is 12.5. The summed E-state index contributed by atoms with van der Waals surface area (Å²) in [6, 6.07) is 12.1. The Labute approximate surface area is 171 Å². The number of hydrogen-bond acceptors (Lipinski definition) is 4. The molecule has 0 atom stereocenters. The van der Waals surface area contributed by atoms with Gasteiger partial charge in [0.15, 0.2) is 0 Å². The number of nitrogens with zero attached hydrogens (tertiary/aromatic N) is 3. The number of benzene rings is 1. The first-order chi connectivity index (χ1) is 14.2. The predicted octanol–water partition coefficient (Wildman–Crippen LogP) is 3.57. The van der Waals surface area contributed by atoms with Crippen LogP contribution in [0.25, 0.3) is 5.52 Å². The van der Waals surface area contributed by atoms with Gasteiger partial charge in [0.1, 0.15) is 12.4 Å². The molecule has 0 unspecified atom stereocenters. The van der Waals surface area contributed by atoms with Gasteiger partial charge in [-0.3, -0.25) is 4.79 Å². The summed E-state index contributed by atoms with van der Waals surface area (Å²) >= 11 is 0. The SMILES string of the molecule is COc1ccc2c(C3CCN(C(=O)COCc4ccccc4C)CC3)cnn2c1. The molecule has 29 heavy (non-hydrogen) atoms. The lowest BCUT2D eigenvalue weighted by Crippen LogP contribution is -2.39. The van der Waals surface area contributed by atoms with Gasteiger partial charge < -0.3 is 14.4 Å². The quantitative estimate of drug-likeness (QED) is 0.642. The molecule has 152 valence electrons. The molecule has 6 heteroatoms. The van der Waals surface area contributed by atoms with Crippen molar-refractivity contribution in [1.82, 2.24) is 14.5 Å². The van der Waals surface area contributed by atoms with Crippen LogP contribution >= 0.6 is 0 Å². The molecule has 3 heterocycles. The maximum atomic E-state index is 12.5. The minimum absolute atomic E-state index is 0.0710. The van der Waals surface area contributed by atoms with Crippen LogP contribution in [0.2, 0.25) is 0 Å². The third-order valence-corrected chi connectivity index (χ3v) is 5.79. The number of methoxy groups -OCH3 is 1. The number of likely N-dealkylation sites (tertiary alicyclic amines) is 1. The normalized spacial score (nSPS) is 15.0. The van der Waals surface area contributed by atoms with Crippen molar-refractivity contribution in [3.63, 3.8) is 0 Å². The standard InChI is InChI=1S/C23H27N3O3/c1-17-5-3-4-6-19(17)15-29-16-23(27)25-11-9-18(10-12-25)21-13-24-26-14-20(28-2)7-8-22(21)26/h3-8,13-14,18H,9-12,15-16H2,1-2H3. The minimum Gasteiger partial charge on any atom is -0.495 e. The summed E-state index contributed by atoms with van der Waals surface area (Å²) in [4.78, 5) is 14.4. The Bertz CT molecular complexity index is 990. The Morgan fingerprint density at radius 1 is 1.17 bits per heavy atom. The van der Waals surface area contributed by atoms with Crippen molar-refractivity contribution in [2.24, 2.45) is 0 Å². The fraction of sp³-hybridized carbons (Fsp3) is 0.391. The van der Waals surface area contributed by atoms with E-state index in [4.69, 9.17) is 9.47 Å². The first-order valence-electron chi connectivity index (χ1n) is 10.1. The number of carbonyl (C=O) groups is 1. The number of hydrogen-bond donors (Lipinski definition) is 0. The van der Waals surface area contributed by atoms with E-state index in [2.05, 4.69) is 24.2 Å². The summed E-state index contributed by atoms with van der Waals surface area (Å²) in [5.41, 5.74) is 4.67. The Morgan fingerprint density at radius 2 is 1.97 bits per heavy atom. The lowest BCUT2D eigenvalue weighted by molar-refractivity contribution is -0.137. The van der Waals surface area contributed by atoms with E-state index in [0.717, 1.165) is 42.8 Å². The van der Waals surface area contributed by atoms with E-state index in [9.17, 15) is 4.79 Å². The van der Waals surface area contributed by atoms with Crippen LogP contribution in [0.1, 0.15) is 35.4 Å². The van der Waals surface area contributed by atoms with E-state index in [1.165, 1.54) is 11.1 Å². The molecule has 6 nitrogen and oxygen atoms in total. The van der Waals surface area contributed by atoms with Crippen molar-refractivity contribution < 1.29 is 14.3 Å². The number of pyridine rings is 1. The van der Waals surface area contributed by atoms with Gasteiger partial charge in [-0.2, -0.15) is 5.10 Å². The van der Waals surface area contributed by atoms with Crippen LogP contribution in [-0.2, 0) is 16.1 Å². The van der Waals surface area contributed by atoms with Crippen molar-refractivity contribution in [3.05, 3.63) is 65.5 Å². The molecule has 0 saturated carbocycles. The second-order valence-corrected chi connectivity index (χ2v) is 7.57. The van der Waals surface area contributed by atoms with Gasteiger partial charge in [0.05, 0.1) is 31.6 Å². The zero-order valence-electron chi connectivity index (χ0n) is 17.0. The van der Waals surface area contributed by atoms with Gasteiger partial charge in [0, 0.05) is 18.7 Å². The van der Waals surface area contributed by atoms with Crippen LogP contribution in [0.5, 0.6) is 5.75 Å². The number of amides is 1. The summed E-state index contributed by atoms with van der Waals surface area (Å²) < 4.78 is 12.8. The predicted molar refractivity (Wildman–Crippen MR) is 111 cm³/mol. The van der Waals surface area contributed by atoms with Gasteiger partial charge in [-0.15, -0.1) is 0 Å². The van der Waals surface area contributed by atoms with Crippen molar-refractivity contribution in [3.8, 4) is 5.75 Å². The van der Waals surface area contributed by atoms with Gasteiger partial charge in [-0.1, -0.05) is 24.3 Å². The van der Waals surface area contributed by atoms with Crippen LogP contribution in [0.3, 0.4) is 0 Å². The highest BCUT2D eigenvalue weighted by Crippen LogP contribution is 2.31. The van der Waals surface area contributed by atoms with Gasteiger partial charge >= 0.3 is 0 Å². The molecule has 0 spiro atoms. The number of rotatable bonds is 6. The molecule has 1 saturated heterocycles. The number of carbonyl (C=O) groups excluding carboxylic acids is 1. The second-order valence-electron chi connectivity index (χ2n) is 7.57. The Morgan fingerprint density at radius 3 is 2.72 bits per heavy atom. The molecule has 1 fully saturated rings. The lowest BCUT2D eigenvalue weighted by atomic mass is 9.90. The zero-order valence-corrected chi connectivity index (χ0v) is 17.0. The molecule has 3 aromatic rings. The number of piperidine rings is 1. The van der Waals surface area contributed by atoms with E-state index >= 15 is 0 Å². The highest BCUT2D eigenvalue weighted by Gasteiger charge is 2.25. The lowest BCUT2D eigenvalue weighted by Gasteiger charge is -2.31. The summed E-state index contributed by atoms with van der Waals surface area (Å²) in [5, 5.41) is 4.47. The topological polar surface area (TPSA) is 56.1 Å². The molecule has 4 rings (SSSR count). The molecule has 1 aromatic carbocycles. The summed E-state index contributed by atoms with van der Waals surface area (Å²) in [5.74, 6) is 1.28. The third kappa shape index (κ3) is 4.27. The average molecular weight is 393 g/mol. The minimum atomic E-state index is 0.0710. The van der Waals surface area contributed by atoms with Crippen molar-refractivity contribution in [2.75, 3.05) is 26.8 Å². The first kappa shape index (κ1) is 19.5. The summed E-state index contributed by atoms with van der Waals surface area (Å²) in [7, 11) is 1.66. The van der Waals surface area contributed by atoms with Crippen LogP contribution in [0, 0.1) is 6.92 Å². The van der Waals surface area contributed by atoms with E-state index in [1.54, 1.807) is 7.11 Å². The van der Waals surface area contributed by atoms with Gasteiger partial charge in [0.2, 0.25) is 5.91 Å². The van der Waals surface area contributed by atoms with Crippen LogP contribution in [0.15, 0.2) is 48.8 Å². The van der Waals surface area contributed by atoms with Gasteiger partial charge in [0.25, 0.3) is 0 Å². The van der Waals surface area contributed by atoms with Crippen molar-refractivity contribution >= 4 is 11.4 Å². The van der Waals surface area contributed by atoms with Gasteiger partial charge in [-0.05, 0) is 48.9 Å². The number of ether oxygens (including phenoxy) is 2. The largest absolute Gasteiger partial charge is 0.495 e. The number of aryl methyl sites for hydroxylation is 1. The molecular formula is C23H27N3O3. The fourth-order valence-electron chi connectivity index (χ4n) is 3.97. The smallest absolute Gasteiger partial charge is 0.248 e. The van der Waals surface area contributed by atoms with E-state index in [-0.39, 0.29) is 12.5 Å². The molecule has 0 bridgehead atoms. The molecular weight excluding hydrogens is 366 g/mol. The zero-order chi connectivity index (χ0) is 20.2. The third-order valence-electron chi connectivity index (χ3n) is 5.79. The second kappa shape index (κ2) is 8.66. The first-order valence-corrected chi connectivity index (χ1v) is 10.1. The van der Waals surface area contributed by atoms with Crippen LogP contribution < -0.4 is 4.74 Å². The Kier molecular flexibility index (Phi) is 5.81. The van der Waals surface area contributed by atoms with E-state index in [1.807, 2.05) is 46.1 Å². The Balaban J connectivity index is 1.30. The monoisotopic (exact) mass is 393 g/mol. The molecule has 0 radical (unpaired) electrons. The Hall–Kier alpha value is -2.86. The van der Waals surface area contributed by atoms with Crippen molar-refractivity contribution in [2.45, 2.75) is 32.3 Å². The number of aromatic nitrogens is 2. The molecule has 0 N–H and O–H groups in total. The molecule has 0 aliphatic carbocycles. The van der Waals surface area contributed by atoms with Crippen LogP contribution in [-0.4, -0.2) is 47.2 Å². The highest BCUT2D eigenvalue weighted by atomic mass is 16.5. The summed E-state index contributed by atoms with van der Waals surface area (Å²) in [6.07, 6.45) is 5.72. The molecule has 1 amide bonds. The average Bonchev–Trinajstić information content (AvgIpc) is 3.18. The van der Waals surface area contributed by atoms with E-state index in [0.29, 0.717) is 12.5 Å². The molecule has 2 aromatic heterocycles. The van der Waals surface area contributed by atoms with Crippen molar-refractivity contribution in [1.29, 1.82) is 0 Å². The van der Waals surface area contributed by atoms with Crippen LogP contribution in [0.4, 0.5) is 0 Å². The fourth-order valence-corrected chi connectivity index (χ4v) is 3.97. The maximum Gasteiger partial charge on any atom is 0.248 e. The summed E-state index contributed by atoms with van der Waals surface area (Å²) in [6.45, 7) is 4.17. The van der Waals surface area contributed by atoms with E-state index < -0.39 is 0 Å². The highest BCUT2D eigenvalue weighted by molar-refractivity contribution is 5.77. The molecule has 1 aliphatic heterocycles.